The van der Waals surface area contributed by atoms with Gasteiger partial charge in [-0.05, 0) is 11.1 Å². The molecule has 20 heavy (non-hydrogen) atoms. The summed E-state index contributed by atoms with van der Waals surface area (Å²) in [5.74, 6) is 0.330. The van der Waals surface area contributed by atoms with Gasteiger partial charge in [0.05, 0.1) is 0 Å². The van der Waals surface area contributed by atoms with Crippen LogP contribution < -0.4 is 0 Å². The van der Waals surface area contributed by atoms with Crippen LogP contribution in [0, 0.1) is 0 Å². The molecule has 2 aromatic rings. The summed E-state index contributed by atoms with van der Waals surface area (Å²) in [4.78, 5) is 12.2. The number of Topliss-reactive ketones (excluding diaryl/α,β-unsaturated/α-hetero) is 1. The molecule has 2 aromatic carbocycles. The molecule has 0 spiro atoms. The smallest absolute Gasteiger partial charge is 0.135 e. The first-order chi connectivity index (χ1) is 9.66. The van der Waals surface area contributed by atoms with Crippen LogP contribution in [0.1, 0.15) is 31.8 Å². The van der Waals surface area contributed by atoms with Gasteiger partial charge in [0.15, 0.2) is 0 Å². The Morgan fingerprint density at radius 2 is 1.10 bits per heavy atom. The van der Waals surface area contributed by atoms with E-state index in [0.29, 0.717) is 18.6 Å². The van der Waals surface area contributed by atoms with Gasteiger partial charge in [0.25, 0.3) is 0 Å². The van der Waals surface area contributed by atoms with Crippen molar-refractivity contribution in [1.29, 1.82) is 0 Å². The number of ketones is 1. The summed E-state index contributed by atoms with van der Waals surface area (Å²) in [6, 6.07) is 20.5. The SMILES string of the molecule is O=C(CC(I)c1ccccc1)CC(I)c1ccccc1. The Morgan fingerprint density at radius 3 is 1.45 bits per heavy atom. The Hall–Kier alpha value is -0.430. The van der Waals surface area contributed by atoms with Gasteiger partial charge in [-0.25, -0.2) is 0 Å². The maximum atomic E-state index is 12.2. The minimum atomic E-state index is 0.265. The van der Waals surface area contributed by atoms with Crippen LogP contribution in [0.3, 0.4) is 0 Å². The highest BCUT2D eigenvalue weighted by Crippen LogP contribution is 2.32. The lowest BCUT2D eigenvalue weighted by atomic mass is 10.0. The topological polar surface area (TPSA) is 17.1 Å². The Balaban J connectivity index is 1.90. The average Bonchev–Trinajstić information content (AvgIpc) is 2.49. The van der Waals surface area contributed by atoms with Crippen molar-refractivity contribution in [2.45, 2.75) is 20.7 Å². The van der Waals surface area contributed by atoms with Crippen molar-refractivity contribution < 1.29 is 4.79 Å². The Labute approximate surface area is 147 Å². The molecule has 2 atom stereocenters. The molecule has 0 heterocycles. The number of carbonyl (C=O) groups is 1. The highest BCUT2D eigenvalue weighted by atomic mass is 127. The highest BCUT2D eigenvalue weighted by Gasteiger charge is 2.16. The lowest BCUT2D eigenvalue weighted by Crippen LogP contribution is -2.05. The van der Waals surface area contributed by atoms with Gasteiger partial charge in [0.1, 0.15) is 5.78 Å². The van der Waals surface area contributed by atoms with Crippen LogP contribution >= 0.6 is 45.2 Å². The minimum Gasteiger partial charge on any atom is -0.300 e. The molecule has 0 aliphatic carbocycles. The van der Waals surface area contributed by atoms with Crippen molar-refractivity contribution >= 4 is 51.0 Å². The van der Waals surface area contributed by atoms with E-state index in [1.807, 2.05) is 36.4 Å². The van der Waals surface area contributed by atoms with Crippen LogP contribution in [-0.2, 0) is 4.79 Å². The van der Waals surface area contributed by atoms with E-state index in [-0.39, 0.29) is 7.85 Å². The third-order valence-electron chi connectivity index (χ3n) is 3.14. The lowest BCUT2D eigenvalue weighted by Gasteiger charge is -2.12. The summed E-state index contributed by atoms with van der Waals surface area (Å²) in [7, 11) is 0. The van der Waals surface area contributed by atoms with Gasteiger partial charge in [-0.3, -0.25) is 4.79 Å². The van der Waals surface area contributed by atoms with Crippen LogP contribution in [0.25, 0.3) is 0 Å². The molecule has 0 N–H and O–H groups in total. The molecule has 104 valence electrons. The average molecular weight is 490 g/mol. The molecule has 0 saturated carbocycles. The van der Waals surface area contributed by atoms with E-state index in [4.69, 9.17) is 0 Å². The molecule has 0 saturated heterocycles. The minimum absolute atomic E-state index is 0.265. The molecule has 1 nitrogen and oxygen atoms in total. The maximum absolute atomic E-state index is 12.2. The molecule has 2 rings (SSSR count). The lowest BCUT2D eigenvalue weighted by molar-refractivity contribution is -0.118. The van der Waals surface area contributed by atoms with E-state index in [1.54, 1.807) is 0 Å². The van der Waals surface area contributed by atoms with Gasteiger partial charge < -0.3 is 0 Å². The third-order valence-corrected chi connectivity index (χ3v) is 5.46. The zero-order chi connectivity index (χ0) is 14.4. The van der Waals surface area contributed by atoms with Crippen LogP contribution in [0.2, 0.25) is 0 Å². The second kappa shape index (κ2) is 8.12. The number of hydrogen-bond donors (Lipinski definition) is 0. The van der Waals surface area contributed by atoms with Gasteiger partial charge in [0, 0.05) is 20.7 Å². The first-order valence-corrected chi connectivity index (χ1v) is 9.05. The predicted octanol–water partition coefficient (Wildman–Crippen LogP) is 5.69. The van der Waals surface area contributed by atoms with Crippen molar-refractivity contribution in [3.63, 3.8) is 0 Å². The number of carbonyl (C=O) groups excluding carboxylic acids is 1. The summed E-state index contributed by atoms with van der Waals surface area (Å²) in [5, 5.41) is 0. The molecular weight excluding hydrogens is 474 g/mol. The summed E-state index contributed by atoms with van der Waals surface area (Å²) in [6.07, 6.45) is 1.22. The number of rotatable bonds is 6. The first-order valence-electron chi connectivity index (χ1n) is 6.56. The Bertz CT molecular complexity index is 490. The van der Waals surface area contributed by atoms with E-state index >= 15 is 0 Å². The largest absolute Gasteiger partial charge is 0.300 e. The zero-order valence-corrected chi connectivity index (χ0v) is 15.3. The predicted molar refractivity (Wildman–Crippen MR) is 101 cm³/mol. The van der Waals surface area contributed by atoms with Crippen molar-refractivity contribution in [1.82, 2.24) is 0 Å². The summed E-state index contributed by atoms with van der Waals surface area (Å²) in [5.41, 5.74) is 2.46. The van der Waals surface area contributed by atoms with Crippen LogP contribution in [-0.4, -0.2) is 5.78 Å². The number of hydrogen-bond acceptors (Lipinski definition) is 1. The molecule has 0 radical (unpaired) electrons. The second-order valence-corrected chi connectivity index (χ2v) is 7.71. The van der Waals surface area contributed by atoms with Crippen molar-refractivity contribution in [3.05, 3.63) is 71.8 Å². The van der Waals surface area contributed by atoms with Gasteiger partial charge in [-0.15, -0.1) is 0 Å². The van der Waals surface area contributed by atoms with Crippen LogP contribution in [0.4, 0.5) is 0 Å². The third kappa shape index (κ3) is 4.84. The zero-order valence-electron chi connectivity index (χ0n) is 11.0. The Kier molecular flexibility index (Phi) is 6.48. The normalized spacial score (nSPS) is 13.7. The summed E-state index contributed by atoms with van der Waals surface area (Å²) < 4.78 is 0.529. The molecule has 0 amide bonds. The molecule has 0 fully saturated rings. The van der Waals surface area contributed by atoms with Gasteiger partial charge >= 0.3 is 0 Å². The van der Waals surface area contributed by atoms with Crippen LogP contribution in [0.15, 0.2) is 60.7 Å². The molecule has 0 aromatic heterocycles. The molecule has 0 bridgehead atoms. The van der Waals surface area contributed by atoms with E-state index in [1.165, 1.54) is 11.1 Å². The monoisotopic (exact) mass is 490 g/mol. The quantitative estimate of drug-likeness (QED) is 0.376. The fraction of sp³-hybridized carbons (Fsp3) is 0.235. The molecule has 3 heteroatoms. The second-order valence-electron chi connectivity index (χ2n) is 4.70. The fourth-order valence-corrected chi connectivity index (χ4v) is 3.86. The van der Waals surface area contributed by atoms with Gasteiger partial charge in [0.2, 0.25) is 0 Å². The van der Waals surface area contributed by atoms with Crippen molar-refractivity contribution in [2.75, 3.05) is 0 Å². The number of benzene rings is 2. The first kappa shape index (κ1) is 15.9. The molecule has 0 aliphatic rings. The van der Waals surface area contributed by atoms with E-state index < -0.39 is 0 Å². The molecular formula is C17H16I2O. The van der Waals surface area contributed by atoms with Gasteiger partial charge in [-0.1, -0.05) is 106 Å². The van der Waals surface area contributed by atoms with E-state index in [9.17, 15) is 4.79 Å². The number of halogens is 2. The highest BCUT2D eigenvalue weighted by molar-refractivity contribution is 14.1. The van der Waals surface area contributed by atoms with Crippen molar-refractivity contribution in [2.24, 2.45) is 0 Å². The fourth-order valence-electron chi connectivity index (χ4n) is 2.04. The van der Waals surface area contributed by atoms with E-state index in [2.05, 4.69) is 69.4 Å². The molecule has 2 unspecified atom stereocenters. The number of alkyl halides is 2. The summed E-state index contributed by atoms with van der Waals surface area (Å²) in [6.45, 7) is 0. The Morgan fingerprint density at radius 1 is 0.750 bits per heavy atom. The maximum Gasteiger partial charge on any atom is 0.135 e. The van der Waals surface area contributed by atoms with E-state index in [0.717, 1.165) is 0 Å². The summed E-state index contributed by atoms with van der Waals surface area (Å²) >= 11 is 4.72. The van der Waals surface area contributed by atoms with Gasteiger partial charge in [-0.2, -0.15) is 0 Å². The van der Waals surface area contributed by atoms with Crippen LogP contribution in [0.5, 0.6) is 0 Å². The van der Waals surface area contributed by atoms with Crippen molar-refractivity contribution in [3.8, 4) is 0 Å². The standard InChI is InChI=1S/C17H16I2O/c18-16(13-7-3-1-4-8-13)11-15(20)12-17(19)14-9-5-2-6-10-14/h1-10,16-17H,11-12H2. The molecule has 0 aliphatic heterocycles.